The molecule has 156 valence electrons. The van der Waals surface area contributed by atoms with Crippen molar-refractivity contribution in [3.63, 3.8) is 0 Å². The number of nitrogens with zero attached hydrogens (tertiary/aromatic N) is 3. The number of anilines is 2. The molecule has 30 heavy (non-hydrogen) atoms. The third-order valence-electron chi connectivity index (χ3n) is 4.11. The Bertz CT molecular complexity index is 1060. The highest BCUT2D eigenvalue weighted by Crippen LogP contribution is 2.24. The van der Waals surface area contributed by atoms with Gasteiger partial charge in [0, 0.05) is 7.05 Å². The van der Waals surface area contributed by atoms with Crippen LogP contribution >= 0.6 is 23.4 Å². The fraction of sp³-hybridized carbons (Fsp3) is 0.200. The van der Waals surface area contributed by atoms with E-state index in [0.29, 0.717) is 33.1 Å². The molecule has 0 saturated heterocycles. The number of carbonyl (C=O) groups is 2. The van der Waals surface area contributed by atoms with Crippen LogP contribution in [0.2, 0.25) is 5.02 Å². The van der Waals surface area contributed by atoms with E-state index in [0.717, 1.165) is 0 Å². The lowest BCUT2D eigenvalue weighted by molar-refractivity contribution is -0.116. The van der Waals surface area contributed by atoms with Crippen LogP contribution in [0.3, 0.4) is 0 Å². The summed E-state index contributed by atoms with van der Waals surface area (Å²) in [5.41, 5.74) is 1.13. The van der Waals surface area contributed by atoms with Gasteiger partial charge >= 0.3 is 0 Å². The minimum absolute atomic E-state index is 0.0356. The summed E-state index contributed by atoms with van der Waals surface area (Å²) in [7, 11) is 3.29. The highest BCUT2D eigenvalue weighted by atomic mass is 35.5. The summed E-state index contributed by atoms with van der Waals surface area (Å²) < 4.78 is 6.92. The van der Waals surface area contributed by atoms with Gasteiger partial charge < -0.3 is 19.9 Å². The van der Waals surface area contributed by atoms with Gasteiger partial charge in [0.2, 0.25) is 11.8 Å². The molecule has 0 spiro atoms. The number of nitrogens with one attached hydrogen (secondary N) is 2. The molecule has 0 aliphatic carbocycles. The standard InChI is InChI=1S/C20H20ClN5O3S/c1-26-17(11-18(27)23-15-9-5-6-10-16(15)29-2)24-25-20(26)30-12-19(28)22-14-8-4-3-7-13(14)21/h3-10H,11-12H2,1-2H3,(H,22,28)(H,23,27). The maximum absolute atomic E-state index is 12.4. The second-order valence-electron chi connectivity index (χ2n) is 6.20. The predicted molar refractivity (Wildman–Crippen MR) is 117 cm³/mol. The summed E-state index contributed by atoms with van der Waals surface area (Å²) in [5.74, 6) is 0.723. The van der Waals surface area contributed by atoms with Gasteiger partial charge in [0.1, 0.15) is 11.6 Å². The summed E-state index contributed by atoms with van der Waals surface area (Å²) in [6.45, 7) is 0. The van der Waals surface area contributed by atoms with Crippen molar-refractivity contribution in [2.75, 3.05) is 23.5 Å². The van der Waals surface area contributed by atoms with E-state index >= 15 is 0 Å². The number of thioether (sulfide) groups is 1. The topological polar surface area (TPSA) is 98.1 Å². The molecule has 8 nitrogen and oxygen atoms in total. The molecule has 2 N–H and O–H groups in total. The van der Waals surface area contributed by atoms with Gasteiger partial charge in [-0.25, -0.2) is 0 Å². The number of aromatic nitrogens is 3. The number of ether oxygens (including phenoxy) is 1. The predicted octanol–water partition coefficient (Wildman–Crippen LogP) is 3.39. The minimum atomic E-state index is -0.247. The van der Waals surface area contributed by atoms with E-state index in [2.05, 4.69) is 20.8 Å². The molecule has 0 atom stereocenters. The van der Waals surface area contributed by atoms with Crippen molar-refractivity contribution in [3.05, 3.63) is 59.4 Å². The van der Waals surface area contributed by atoms with Crippen molar-refractivity contribution >= 4 is 46.6 Å². The first-order valence-corrected chi connectivity index (χ1v) is 10.3. The van der Waals surface area contributed by atoms with Crippen LogP contribution in [0.1, 0.15) is 5.82 Å². The van der Waals surface area contributed by atoms with E-state index in [4.69, 9.17) is 16.3 Å². The molecule has 0 radical (unpaired) electrons. The largest absolute Gasteiger partial charge is 0.495 e. The summed E-state index contributed by atoms with van der Waals surface area (Å²) in [6.07, 6.45) is 0.0356. The third-order valence-corrected chi connectivity index (χ3v) is 5.45. The van der Waals surface area contributed by atoms with Crippen LogP contribution in [0.25, 0.3) is 0 Å². The van der Waals surface area contributed by atoms with Crippen LogP contribution in [-0.4, -0.2) is 39.4 Å². The lowest BCUT2D eigenvalue weighted by atomic mass is 10.2. The van der Waals surface area contributed by atoms with E-state index in [9.17, 15) is 9.59 Å². The molecule has 1 aromatic heterocycles. The van der Waals surface area contributed by atoms with Gasteiger partial charge in [-0.05, 0) is 24.3 Å². The summed E-state index contributed by atoms with van der Waals surface area (Å²) >= 11 is 7.27. The quantitative estimate of drug-likeness (QED) is 0.516. The molecule has 2 amide bonds. The van der Waals surface area contributed by atoms with Crippen LogP contribution in [0.5, 0.6) is 5.75 Å². The molecule has 0 unspecified atom stereocenters. The summed E-state index contributed by atoms with van der Waals surface area (Å²) in [6, 6.07) is 14.2. The molecule has 2 aromatic carbocycles. The zero-order chi connectivity index (χ0) is 21.5. The van der Waals surface area contributed by atoms with Gasteiger partial charge in [0.05, 0.1) is 35.7 Å². The second-order valence-corrected chi connectivity index (χ2v) is 7.55. The average Bonchev–Trinajstić information content (AvgIpc) is 3.08. The third kappa shape index (κ3) is 5.52. The maximum atomic E-state index is 12.4. The van der Waals surface area contributed by atoms with E-state index in [-0.39, 0.29) is 24.0 Å². The zero-order valence-corrected chi connectivity index (χ0v) is 18.0. The molecule has 0 aliphatic rings. The molecule has 3 rings (SSSR count). The van der Waals surface area contributed by atoms with Crippen molar-refractivity contribution in [1.82, 2.24) is 14.8 Å². The molecule has 1 heterocycles. The van der Waals surface area contributed by atoms with Crippen molar-refractivity contribution < 1.29 is 14.3 Å². The van der Waals surface area contributed by atoms with Gasteiger partial charge in [-0.15, -0.1) is 10.2 Å². The molecular weight excluding hydrogens is 426 g/mol. The van der Waals surface area contributed by atoms with Crippen molar-refractivity contribution in [2.45, 2.75) is 11.6 Å². The summed E-state index contributed by atoms with van der Waals surface area (Å²) in [4.78, 5) is 24.6. The SMILES string of the molecule is COc1ccccc1NC(=O)Cc1nnc(SCC(=O)Nc2ccccc2Cl)n1C. The molecule has 0 saturated carbocycles. The van der Waals surface area contributed by atoms with Gasteiger partial charge in [-0.2, -0.15) is 0 Å². The highest BCUT2D eigenvalue weighted by Gasteiger charge is 2.16. The smallest absolute Gasteiger partial charge is 0.234 e. The Morgan fingerprint density at radius 3 is 2.43 bits per heavy atom. The fourth-order valence-electron chi connectivity index (χ4n) is 2.59. The molecular formula is C20H20ClN5O3S. The Morgan fingerprint density at radius 1 is 1.03 bits per heavy atom. The first kappa shape index (κ1) is 21.7. The van der Waals surface area contributed by atoms with Gasteiger partial charge in [-0.1, -0.05) is 47.6 Å². The Labute approximate surface area is 183 Å². The number of hydrogen-bond acceptors (Lipinski definition) is 6. The van der Waals surface area contributed by atoms with E-state index < -0.39 is 0 Å². The number of benzene rings is 2. The number of halogens is 1. The van der Waals surface area contributed by atoms with Crippen LogP contribution in [-0.2, 0) is 23.1 Å². The Hall–Kier alpha value is -3.04. The zero-order valence-electron chi connectivity index (χ0n) is 16.4. The first-order valence-electron chi connectivity index (χ1n) is 8.96. The van der Waals surface area contributed by atoms with E-state index in [1.807, 2.05) is 12.1 Å². The van der Waals surface area contributed by atoms with Crippen LogP contribution in [0.15, 0.2) is 53.7 Å². The lowest BCUT2D eigenvalue weighted by Crippen LogP contribution is -2.17. The molecule has 10 heteroatoms. The minimum Gasteiger partial charge on any atom is -0.495 e. The number of rotatable bonds is 8. The number of methoxy groups -OCH3 is 1. The normalized spacial score (nSPS) is 10.5. The monoisotopic (exact) mass is 445 g/mol. The number of carbonyl (C=O) groups excluding carboxylic acids is 2. The van der Waals surface area contributed by atoms with E-state index in [1.54, 1.807) is 55.1 Å². The van der Waals surface area contributed by atoms with Crippen LogP contribution in [0, 0.1) is 0 Å². The van der Waals surface area contributed by atoms with Gasteiger partial charge in [-0.3, -0.25) is 9.59 Å². The van der Waals surface area contributed by atoms with Gasteiger partial charge in [0.15, 0.2) is 5.16 Å². The first-order chi connectivity index (χ1) is 14.5. The van der Waals surface area contributed by atoms with Gasteiger partial charge in [0.25, 0.3) is 0 Å². The van der Waals surface area contributed by atoms with Crippen LogP contribution < -0.4 is 15.4 Å². The average molecular weight is 446 g/mol. The number of para-hydroxylation sites is 3. The summed E-state index contributed by atoms with van der Waals surface area (Å²) in [5, 5.41) is 14.7. The van der Waals surface area contributed by atoms with E-state index in [1.165, 1.54) is 11.8 Å². The van der Waals surface area contributed by atoms with Crippen molar-refractivity contribution in [2.24, 2.45) is 7.05 Å². The Balaban J connectivity index is 1.56. The maximum Gasteiger partial charge on any atom is 0.234 e. The Kier molecular flexibility index (Phi) is 7.31. The number of amides is 2. The number of hydrogen-bond donors (Lipinski definition) is 2. The molecule has 0 aliphatic heterocycles. The van der Waals surface area contributed by atoms with Crippen molar-refractivity contribution in [1.29, 1.82) is 0 Å². The second kappa shape index (κ2) is 10.1. The molecule has 0 bridgehead atoms. The lowest BCUT2D eigenvalue weighted by Gasteiger charge is -2.09. The van der Waals surface area contributed by atoms with Crippen LogP contribution in [0.4, 0.5) is 11.4 Å². The molecule has 3 aromatic rings. The Morgan fingerprint density at radius 2 is 1.70 bits per heavy atom. The molecule has 0 fully saturated rings. The fourth-order valence-corrected chi connectivity index (χ4v) is 3.50. The highest BCUT2D eigenvalue weighted by molar-refractivity contribution is 7.99. The van der Waals surface area contributed by atoms with Crippen molar-refractivity contribution in [3.8, 4) is 5.75 Å².